The molecule has 4 heterocycles. The van der Waals surface area contributed by atoms with Crippen LogP contribution in [0.4, 0.5) is 5.69 Å². The van der Waals surface area contributed by atoms with E-state index in [1.54, 1.807) is 4.90 Å². The van der Waals surface area contributed by atoms with Crippen molar-refractivity contribution in [2.75, 3.05) is 37.7 Å². The highest BCUT2D eigenvalue weighted by Crippen LogP contribution is 2.38. The highest BCUT2D eigenvalue weighted by Gasteiger charge is 2.48. The van der Waals surface area contributed by atoms with Gasteiger partial charge in [0.15, 0.2) is 0 Å². The number of rotatable bonds is 9. The zero-order valence-electron chi connectivity index (χ0n) is 20.6. The number of ether oxygens (including phenoxy) is 1. The van der Waals surface area contributed by atoms with Crippen molar-refractivity contribution in [1.82, 2.24) is 15.1 Å². The van der Waals surface area contributed by atoms with Crippen LogP contribution < -0.4 is 4.90 Å². The van der Waals surface area contributed by atoms with Crippen molar-refractivity contribution in [3.8, 4) is 0 Å². The lowest BCUT2D eigenvalue weighted by molar-refractivity contribution is -0.191. The Labute approximate surface area is 225 Å². The first-order valence-corrected chi connectivity index (χ1v) is 13.9. The molecule has 192 valence electrons. The van der Waals surface area contributed by atoms with Crippen LogP contribution in [0.1, 0.15) is 27.6 Å². The van der Waals surface area contributed by atoms with Gasteiger partial charge in [-0.15, -0.1) is 21.5 Å². The summed E-state index contributed by atoms with van der Waals surface area (Å²) in [4.78, 5) is 29.9. The summed E-state index contributed by atoms with van der Waals surface area (Å²) < 4.78 is 5.35. The van der Waals surface area contributed by atoms with Gasteiger partial charge in [-0.2, -0.15) is 0 Å². The molecular formula is C28H29ClN4O3S. The maximum absolute atomic E-state index is 13.0. The van der Waals surface area contributed by atoms with Crippen molar-refractivity contribution in [2.24, 2.45) is 11.3 Å². The van der Waals surface area contributed by atoms with E-state index in [2.05, 4.69) is 27.2 Å². The Bertz CT molecular complexity index is 1280. The third kappa shape index (κ3) is 5.48. The van der Waals surface area contributed by atoms with Crippen LogP contribution >= 0.6 is 22.9 Å². The molecule has 1 atom stereocenters. The van der Waals surface area contributed by atoms with E-state index in [9.17, 15) is 9.59 Å². The van der Waals surface area contributed by atoms with E-state index >= 15 is 0 Å². The lowest BCUT2D eigenvalue weighted by Gasteiger charge is -2.55. The molecule has 1 aromatic heterocycles. The number of anilines is 1. The van der Waals surface area contributed by atoms with Crippen LogP contribution in [0, 0.1) is 11.3 Å². The Morgan fingerprint density at radius 3 is 2.41 bits per heavy atom. The largest absolute Gasteiger partial charge is 0.380 e. The number of aryl methyl sites for hydroxylation is 2. The smallest absolute Gasteiger partial charge is 0.227 e. The molecule has 1 amide bonds. The molecule has 3 aromatic rings. The fourth-order valence-corrected chi connectivity index (χ4v) is 6.44. The molecule has 0 aliphatic carbocycles. The molecule has 6 rings (SSSR count). The Morgan fingerprint density at radius 2 is 1.70 bits per heavy atom. The van der Waals surface area contributed by atoms with Crippen LogP contribution in [0.5, 0.6) is 0 Å². The minimum absolute atomic E-state index is 0.00156. The number of carbonyl (C=O) groups excluding carboxylic acids is 2. The molecule has 0 N–H and O–H groups in total. The summed E-state index contributed by atoms with van der Waals surface area (Å²) in [6.45, 7) is 5.33. The predicted molar refractivity (Wildman–Crippen MR) is 143 cm³/mol. The summed E-state index contributed by atoms with van der Waals surface area (Å²) in [5.41, 5.74) is 3.70. The summed E-state index contributed by atoms with van der Waals surface area (Å²) in [5.74, 6) is -0.253. The number of halogens is 1. The molecule has 1 spiro atoms. The van der Waals surface area contributed by atoms with E-state index in [0.29, 0.717) is 17.0 Å². The fraction of sp³-hybridized carbons (Fsp3) is 0.429. The van der Waals surface area contributed by atoms with Crippen molar-refractivity contribution < 1.29 is 14.3 Å². The zero-order valence-corrected chi connectivity index (χ0v) is 22.1. The average Bonchev–Trinajstić information content (AvgIpc) is 3.46. The van der Waals surface area contributed by atoms with Crippen LogP contribution in [0.2, 0.25) is 5.02 Å². The van der Waals surface area contributed by atoms with Gasteiger partial charge in [0.1, 0.15) is 15.8 Å². The number of aromatic nitrogens is 2. The first-order chi connectivity index (χ1) is 17.9. The summed E-state index contributed by atoms with van der Waals surface area (Å²) in [5, 5.41) is 10.8. The standard InChI is InChI=1S/C28H29ClN4O3S/c29-22-6-1-19(2-7-22)5-10-25-30-31-26(37-25)12-24(34)21-11-27(35)33(14-21)23-8-3-20(4-9-23)13-32-15-28(16-32)17-36-18-28/h1-4,6-9,21H,5,10-18H2/t21-/m0/s1. The summed E-state index contributed by atoms with van der Waals surface area (Å²) in [6, 6.07) is 16.0. The minimum atomic E-state index is -0.310. The third-order valence-corrected chi connectivity index (χ3v) is 8.78. The van der Waals surface area contributed by atoms with Gasteiger partial charge >= 0.3 is 0 Å². The zero-order chi connectivity index (χ0) is 25.4. The molecular weight excluding hydrogens is 508 g/mol. The predicted octanol–water partition coefficient (Wildman–Crippen LogP) is 3.97. The van der Waals surface area contributed by atoms with Gasteiger partial charge in [0.25, 0.3) is 0 Å². The Morgan fingerprint density at radius 1 is 1.00 bits per heavy atom. The molecule has 0 saturated carbocycles. The van der Waals surface area contributed by atoms with Gasteiger partial charge in [0.05, 0.1) is 19.6 Å². The highest BCUT2D eigenvalue weighted by molar-refractivity contribution is 7.11. The maximum Gasteiger partial charge on any atom is 0.227 e. The number of hydrogen-bond acceptors (Lipinski definition) is 7. The first-order valence-electron chi connectivity index (χ1n) is 12.7. The Kier molecular flexibility index (Phi) is 6.84. The van der Waals surface area contributed by atoms with Crippen LogP contribution in [0.15, 0.2) is 48.5 Å². The number of hydrogen-bond donors (Lipinski definition) is 0. The fourth-order valence-electron chi connectivity index (χ4n) is 5.46. The summed E-state index contributed by atoms with van der Waals surface area (Å²) in [6.07, 6.45) is 2.09. The molecule has 3 aliphatic heterocycles. The van der Waals surface area contributed by atoms with Gasteiger partial charge in [0, 0.05) is 61.1 Å². The minimum Gasteiger partial charge on any atom is -0.380 e. The third-order valence-electron chi connectivity index (χ3n) is 7.54. The van der Waals surface area contributed by atoms with E-state index in [1.807, 2.05) is 36.4 Å². The molecule has 7 nitrogen and oxygen atoms in total. The van der Waals surface area contributed by atoms with Crippen molar-refractivity contribution in [1.29, 1.82) is 0 Å². The van der Waals surface area contributed by atoms with Crippen molar-refractivity contribution in [3.05, 3.63) is 74.7 Å². The lowest BCUT2D eigenvalue weighted by atomic mass is 9.78. The number of nitrogens with zero attached hydrogens (tertiary/aromatic N) is 4. The molecule has 9 heteroatoms. The van der Waals surface area contributed by atoms with E-state index in [-0.39, 0.29) is 30.4 Å². The molecule has 37 heavy (non-hydrogen) atoms. The molecule has 3 fully saturated rings. The monoisotopic (exact) mass is 536 g/mol. The SMILES string of the molecule is O=C(Cc1nnc(CCc2ccc(Cl)cc2)s1)[C@H]1CC(=O)N(c2ccc(CN3CC4(COC4)C3)cc2)C1. The van der Waals surface area contributed by atoms with E-state index < -0.39 is 0 Å². The number of benzene rings is 2. The normalized spacial score (nSPS) is 20.7. The molecule has 0 unspecified atom stereocenters. The second-order valence-electron chi connectivity index (χ2n) is 10.6. The van der Waals surface area contributed by atoms with Gasteiger partial charge in [0.2, 0.25) is 5.91 Å². The van der Waals surface area contributed by atoms with Crippen molar-refractivity contribution >= 4 is 40.3 Å². The van der Waals surface area contributed by atoms with Crippen LogP contribution in [0.25, 0.3) is 0 Å². The topological polar surface area (TPSA) is 75.6 Å². The Balaban J connectivity index is 0.992. The molecule has 3 saturated heterocycles. The quantitative estimate of drug-likeness (QED) is 0.412. The van der Waals surface area contributed by atoms with Gasteiger partial charge < -0.3 is 9.64 Å². The van der Waals surface area contributed by atoms with E-state index in [1.165, 1.54) is 22.5 Å². The number of ketones is 1. The van der Waals surface area contributed by atoms with Gasteiger partial charge in [-0.05, 0) is 41.8 Å². The number of Topliss-reactive ketones (excluding diaryl/α,β-unsaturated/α-hetero) is 1. The molecule has 0 radical (unpaired) electrons. The highest BCUT2D eigenvalue weighted by atomic mass is 35.5. The molecule has 0 bridgehead atoms. The summed E-state index contributed by atoms with van der Waals surface area (Å²) >= 11 is 7.43. The first kappa shape index (κ1) is 24.7. The second kappa shape index (κ2) is 10.3. The maximum atomic E-state index is 13.0. The molecule has 3 aliphatic rings. The Hall–Kier alpha value is -2.65. The van der Waals surface area contributed by atoms with Crippen molar-refractivity contribution in [2.45, 2.75) is 32.2 Å². The molecule has 2 aromatic carbocycles. The van der Waals surface area contributed by atoms with Gasteiger partial charge in [-0.3, -0.25) is 14.5 Å². The lowest BCUT2D eigenvalue weighted by Crippen LogP contribution is -2.65. The van der Waals surface area contributed by atoms with Gasteiger partial charge in [-0.1, -0.05) is 35.9 Å². The summed E-state index contributed by atoms with van der Waals surface area (Å²) in [7, 11) is 0. The second-order valence-corrected chi connectivity index (χ2v) is 12.2. The number of likely N-dealkylation sites (tertiary alicyclic amines) is 1. The van der Waals surface area contributed by atoms with Crippen molar-refractivity contribution in [3.63, 3.8) is 0 Å². The average molecular weight is 537 g/mol. The number of amides is 1. The van der Waals surface area contributed by atoms with Crippen LogP contribution in [0.3, 0.4) is 0 Å². The van der Waals surface area contributed by atoms with Crippen LogP contribution in [-0.2, 0) is 40.1 Å². The van der Waals surface area contributed by atoms with E-state index in [0.717, 1.165) is 61.4 Å². The number of carbonyl (C=O) groups is 2. The van der Waals surface area contributed by atoms with E-state index in [4.69, 9.17) is 16.3 Å². The van der Waals surface area contributed by atoms with Gasteiger partial charge in [-0.25, -0.2) is 0 Å². The van der Waals surface area contributed by atoms with Crippen LogP contribution in [-0.4, -0.2) is 59.6 Å².